The van der Waals surface area contributed by atoms with Crippen molar-refractivity contribution in [3.8, 4) is 5.75 Å². The molecule has 128 valence electrons. The molecule has 24 heavy (non-hydrogen) atoms. The maximum absolute atomic E-state index is 6.38. The molecule has 1 aliphatic heterocycles. The van der Waals surface area contributed by atoms with Crippen LogP contribution in [0.2, 0.25) is 0 Å². The second-order valence-corrected chi connectivity index (χ2v) is 7.53. The largest absolute Gasteiger partial charge is 0.496 e. The first-order valence-electron chi connectivity index (χ1n) is 8.49. The van der Waals surface area contributed by atoms with Crippen LogP contribution in [-0.4, -0.2) is 18.7 Å². The molecule has 3 nitrogen and oxygen atoms in total. The number of halogens is 1. The Bertz CT molecular complexity index is 690. The lowest BCUT2D eigenvalue weighted by atomic mass is 9.81. The van der Waals surface area contributed by atoms with Crippen molar-refractivity contribution in [2.24, 2.45) is 11.8 Å². The minimum atomic E-state index is 0.254. The predicted octanol–water partition coefficient (Wildman–Crippen LogP) is 4.64. The number of aryl methyl sites for hydroxylation is 1. The van der Waals surface area contributed by atoms with Crippen LogP contribution in [0.4, 0.5) is 0 Å². The third kappa shape index (κ3) is 3.66. The van der Waals surface area contributed by atoms with Crippen molar-refractivity contribution in [1.82, 2.24) is 5.01 Å². The number of nitrogens with two attached hydrogens (primary N) is 1. The van der Waals surface area contributed by atoms with Gasteiger partial charge >= 0.3 is 0 Å². The molecule has 2 aromatic rings. The highest BCUT2D eigenvalue weighted by Gasteiger charge is 2.31. The van der Waals surface area contributed by atoms with Crippen LogP contribution in [0.1, 0.15) is 35.6 Å². The van der Waals surface area contributed by atoms with Gasteiger partial charge in [0, 0.05) is 11.0 Å². The van der Waals surface area contributed by atoms with E-state index in [-0.39, 0.29) is 6.04 Å². The summed E-state index contributed by atoms with van der Waals surface area (Å²) < 4.78 is 6.78. The van der Waals surface area contributed by atoms with Gasteiger partial charge in [0.2, 0.25) is 0 Å². The number of rotatable bonds is 4. The molecule has 1 fully saturated rings. The second kappa shape index (κ2) is 7.68. The van der Waals surface area contributed by atoms with Gasteiger partial charge in [-0.15, -0.1) is 0 Å². The highest BCUT2D eigenvalue weighted by atomic mass is 79.9. The van der Waals surface area contributed by atoms with Crippen LogP contribution in [0.15, 0.2) is 46.9 Å². The van der Waals surface area contributed by atoms with E-state index in [2.05, 4.69) is 65.3 Å². The molecule has 1 saturated heterocycles. The van der Waals surface area contributed by atoms with E-state index in [1.54, 1.807) is 7.11 Å². The molecule has 0 unspecified atom stereocenters. The Labute approximate surface area is 152 Å². The molecule has 0 saturated carbocycles. The van der Waals surface area contributed by atoms with Gasteiger partial charge in [-0.05, 0) is 60.9 Å². The average Bonchev–Trinajstić information content (AvgIpc) is 2.55. The highest BCUT2D eigenvalue weighted by Crippen LogP contribution is 2.39. The molecule has 0 radical (unpaired) electrons. The van der Waals surface area contributed by atoms with Gasteiger partial charge in [-0.25, -0.2) is 5.01 Å². The fourth-order valence-electron chi connectivity index (χ4n) is 3.96. The van der Waals surface area contributed by atoms with Crippen molar-refractivity contribution in [3.05, 3.63) is 63.6 Å². The first-order valence-corrected chi connectivity index (χ1v) is 9.28. The zero-order valence-corrected chi connectivity index (χ0v) is 15.9. The minimum absolute atomic E-state index is 0.254. The van der Waals surface area contributed by atoms with Crippen molar-refractivity contribution < 1.29 is 4.74 Å². The molecule has 0 aromatic heterocycles. The van der Waals surface area contributed by atoms with Crippen molar-refractivity contribution in [3.63, 3.8) is 0 Å². The van der Waals surface area contributed by atoms with Crippen LogP contribution in [0.5, 0.6) is 5.75 Å². The first kappa shape index (κ1) is 17.5. The number of benzene rings is 2. The van der Waals surface area contributed by atoms with Crippen LogP contribution >= 0.6 is 15.9 Å². The van der Waals surface area contributed by atoms with Crippen LogP contribution in [0.25, 0.3) is 0 Å². The summed E-state index contributed by atoms with van der Waals surface area (Å²) in [5.74, 6) is 7.86. The van der Waals surface area contributed by atoms with Gasteiger partial charge in [0.15, 0.2) is 0 Å². The lowest BCUT2D eigenvalue weighted by Crippen LogP contribution is -2.44. The number of ether oxygens (including phenoxy) is 1. The SMILES string of the molecule is COc1c(C)cc(Br)cc1C[C@H]1CCCN(N)[C@H]1c1ccccc1. The summed E-state index contributed by atoms with van der Waals surface area (Å²) in [7, 11) is 1.75. The predicted molar refractivity (Wildman–Crippen MR) is 102 cm³/mol. The van der Waals surface area contributed by atoms with Crippen molar-refractivity contribution in [2.45, 2.75) is 32.2 Å². The van der Waals surface area contributed by atoms with E-state index in [1.165, 1.54) is 23.1 Å². The lowest BCUT2D eigenvalue weighted by molar-refractivity contribution is 0.0922. The number of nitrogens with zero attached hydrogens (tertiary/aromatic N) is 1. The maximum atomic E-state index is 6.38. The summed E-state index contributed by atoms with van der Waals surface area (Å²) in [6.07, 6.45) is 3.29. The Morgan fingerprint density at radius 2 is 2.00 bits per heavy atom. The van der Waals surface area contributed by atoms with E-state index >= 15 is 0 Å². The van der Waals surface area contributed by atoms with Crippen LogP contribution in [0, 0.1) is 12.8 Å². The van der Waals surface area contributed by atoms with E-state index in [0.29, 0.717) is 5.92 Å². The zero-order valence-electron chi connectivity index (χ0n) is 14.3. The van der Waals surface area contributed by atoms with E-state index in [9.17, 15) is 0 Å². The van der Waals surface area contributed by atoms with Gasteiger partial charge < -0.3 is 4.74 Å². The fraction of sp³-hybridized carbons (Fsp3) is 0.400. The molecule has 1 heterocycles. The van der Waals surface area contributed by atoms with Crippen LogP contribution < -0.4 is 10.6 Å². The molecule has 3 rings (SSSR count). The van der Waals surface area contributed by atoms with Crippen LogP contribution in [-0.2, 0) is 6.42 Å². The molecule has 0 aliphatic carbocycles. The molecule has 2 atom stereocenters. The number of hydrogen-bond acceptors (Lipinski definition) is 3. The quantitative estimate of drug-likeness (QED) is 0.775. The maximum Gasteiger partial charge on any atom is 0.125 e. The Balaban J connectivity index is 1.93. The van der Waals surface area contributed by atoms with Gasteiger partial charge in [-0.1, -0.05) is 46.3 Å². The van der Waals surface area contributed by atoms with E-state index in [1.807, 2.05) is 5.01 Å². The molecule has 4 heteroatoms. The normalized spacial score (nSPS) is 21.7. The van der Waals surface area contributed by atoms with E-state index in [0.717, 1.165) is 29.6 Å². The van der Waals surface area contributed by atoms with Crippen molar-refractivity contribution >= 4 is 15.9 Å². The van der Waals surface area contributed by atoms with Crippen LogP contribution in [0.3, 0.4) is 0 Å². The minimum Gasteiger partial charge on any atom is -0.496 e. The zero-order chi connectivity index (χ0) is 17.1. The number of piperidine rings is 1. The molecule has 1 aliphatic rings. The van der Waals surface area contributed by atoms with Gasteiger partial charge in [-0.3, -0.25) is 5.84 Å². The Morgan fingerprint density at radius 1 is 1.25 bits per heavy atom. The van der Waals surface area contributed by atoms with Gasteiger partial charge in [0.1, 0.15) is 5.75 Å². The Kier molecular flexibility index (Phi) is 5.59. The summed E-state index contributed by atoms with van der Waals surface area (Å²) in [6.45, 7) is 3.04. The number of methoxy groups -OCH3 is 1. The van der Waals surface area contributed by atoms with E-state index < -0.39 is 0 Å². The van der Waals surface area contributed by atoms with E-state index in [4.69, 9.17) is 10.6 Å². The third-order valence-corrected chi connectivity index (χ3v) is 5.40. The molecular weight excluding hydrogens is 364 g/mol. The summed E-state index contributed by atoms with van der Waals surface area (Å²) in [6, 6.07) is 15.2. The third-order valence-electron chi connectivity index (χ3n) is 4.94. The fourth-order valence-corrected chi connectivity index (χ4v) is 4.58. The second-order valence-electron chi connectivity index (χ2n) is 6.61. The van der Waals surface area contributed by atoms with Crippen molar-refractivity contribution in [2.75, 3.05) is 13.7 Å². The first-order chi connectivity index (χ1) is 11.6. The lowest BCUT2D eigenvalue weighted by Gasteiger charge is -2.39. The topological polar surface area (TPSA) is 38.5 Å². The molecular formula is C20H25BrN2O. The summed E-state index contributed by atoms with van der Waals surface area (Å²) in [5, 5.41) is 2.01. The monoisotopic (exact) mass is 388 g/mol. The molecule has 0 amide bonds. The standard InChI is InChI=1S/C20H25BrN2O/c1-14-11-18(21)13-17(20(14)24-2)12-16-9-6-10-23(22)19(16)15-7-4-3-5-8-15/h3-5,7-8,11,13,16,19H,6,9-10,12,22H2,1-2H3/t16-,19+/m1/s1. The van der Waals surface area contributed by atoms with Gasteiger partial charge in [0.25, 0.3) is 0 Å². The number of hydrazine groups is 1. The van der Waals surface area contributed by atoms with Crippen molar-refractivity contribution in [1.29, 1.82) is 0 Å². The number of hydrogen-bond donors (Lipinski definition) is 1. The average molecular weight is 389 g/mol. The smallest absolute Gasteiger partial charge is 0.125 e. The van der Waals surface area contributed by atoms with Gasteiger partial charge in [0.05, 0.1) is 13.2 Å². The Hall–Kier alpha value is -1.36. The summed E-state index contributed by atoms with van der Waals surface area (Å²) in [4.78, 5) is 0. The highest BCUT2D eigenvalue weighted by molar-refractivity contribution is 9.10. The summed E-state index contributed by atoms with van der Waals surface area (Å²) >= 11 is 3.62. The molecule has 2 aromatic carbocycles. The summed E-state index contributed by atoms with van der Waals surface area (Å²) in [5.41, 5.74) is 3.72. The molecule has 2 N–H and O–H groups in total. The molecule has 0 bridgehead atoms. The molecule has 0 spiro atoms. The van der Waals surface area contributed by atoms with Gasteiger partial charge in [-0.2, -0.15) is 0 Å². The Morgan fingerprint density at radius 3 is 2.71 bits per heavy atom.